The monoisotopic (exact) mass is 309 g/mol. The largest absolute Gasteiger partial charge is 0.347 e. The van der Waals surface area contributed by atoms with Gasteiger partial charge in [-0.2, -0.15) is 0 Å². The third-order valence-electron chi connectivity index (χ3n) is 4.33. The highest BCUT2D eigenvalue weighted by Gasteiger charge is 2.23. The second kappa shape index (κ2) is 7.90. The first-order chi connectivity index (χ1) is 10.1. The van der Waals surface area contributed by atoms with Gasteiger partial charge in [-0.1, -0.05) is 13.8 Å². The lowest BCUT2D eigenvalue weighted by Crippen LogP contribution is -2.36. The van der Waals surface area contributed by atoms with Gasteiger partial charge in [0.25, 0.3) is 0 Å². The third-order valence-corrected chi connectivity index (χ3v) is 5.40. The van der Waals surface area contributed by atoms with Crippen LogP contribution in [0.15, 0.2) is 5.38 Å². The van der Waals surface area contributed by atoms with Crippen molar-refractivity contribution in [2.24, 2.45) is 11.8 Å². The minimum atomic E-state index is 0.0629. The Morgan fingerprint density at radius 3 is 3.00 bits per heavy atom. The Bertz CT molecular complexity index is 454. The first-order valence-electron chi connectivity index (χ1n) is 8.02. The molecule has 1 aromatic heterocycles. The standard InChI is InChI=1S/C16H27N3OS/c1-4-14(16-18-12(3)10-21-16)19-15(20)8-11(2)13-6-5-7-17-9-13/h10-11,13-14,17H,4-9H2,1-3H3,(H,19,20). The molecule has 0 saturated carbocycles. The molecule has 0 aliphatic carbocycles. The van der Waals surface area contributed by atoms with Crippen molar-refractivity contribution < 1.29 is 4.79 Å². The Morgan fingerprint density at radius 1 is 1.62 bits per heavy atom. The summed E-state index contributed by atoms with van der Waals surface area (Å²) in [5, 5.41) is 9.65. The lowest BCUT2D eigenvalue weighted by molar-refractivity contribution is -0.123. The molecule has 0 bridgehead atoms. The lowest BCUT2D eigenvalue weighted by Gasteiger charge is -2.28. The molecule has 1 aromatic rings. The van der Waals surface area contributed by atoms with E-state index in [0.29, 0.717) is 18.3 Å². The fraction of sp³-hybridized carbons (Fsp3) is 0.750. The predicted molar refractivity (Wildman–Crippen MR) is 87.4 cm³/mol. The summed E-state index contributed by atoms with van der Waals surface area (Å²) in [5.74, 6) is 1.23. The molecule has 21 heavy (non-hydrogen) atoms. The molecule has 3 unspecified atom stereocenters. The Balaban J connectivity index is 1.84. The van der Waals surface area contributed by atoms with Gasteiger partial charge in [-0.15, -0.1) is 11.3 Å². The van der Waals surface area contributed by atoms with Crippen molar-refractivity contribution in [2.45, 2.75) is 52.5 Å². The SMILES string of the molecule is CCC(NC(=O)CC(C)C1CCCNC1)c1nc(C)cs1. The highest BCUT2D eigenvalue weighted by Crippen LogP contribution is 2.24. The predicted octanol–water partition coefficient (Wildman–Crippen LogP) is 3.04. The summed E-state index contributed by atoms with van der Waals surface area (Å²) >= 11 is 1.64. The number of aryl methyl sites for hydroxylation is 1. The molecule has 1 amide bonds. The minimum Gasteiger partial charge on any atom is -0.347 e. The molecule has 0 radical (unpaired) electrons. The van der Waals surface area contributed by atoms with Crippen LogP contribution >= 0.6 is 11.3 Å². The second-order valence-electron chi connectivity index (χ2n) is 6.14. The number of rotatable bonds is 6. The van der Waals surface area contributed by atoms with Gasteiger partial charge in [-0.25, -0.2) is 4.98 Å². The molecule has 118 valence electrons. The number of hydrogen-bond acceptors (Lipinski definition) is 4. The van der Waals surface area contributed by atoms with Gasteiger partial charge in [0.05, 0.1) is 6.04 Å². The molecular weight excluding hydrogens is 282 g/mol. The highest BCUT2D eigenvalue weighted by atomic mass is 32.1. The van der Waals surface area contributed by atoms with Crippen LogP contribution in [0.1, 0.15) is 56.3 Å². The van der Waals surface area contributed by atoms with E-state index < -0.39 is 0 Å². The Labute approximate surface area is 131 Å². The zero-order valence-corrected chi connectivity index (χ0v) is 14.1. The maximum Gasteiger partial charge on any atom is 0.220 e. The van der Waals surface area contributed by atoms with Gasteiger partial charge in [-0.05, 0) is 51.1 Å². The van der Waals surface area contributed by atoms with Crippen LogP contribution in [0.4, 0.5) is 0 Å². The molecule has 3 atom stereocenters. The van der Waals surface area contributed by atoms with E-state index in [4.69, 9.17) is 0 Å². The lowest BCUT2D eigenvalue weighted by atomic mass is 9.85. The van der Waals surface area contributed by atoms with Gasteiger partial charge in [-0.3, -0.25) is 4.79 Å². The molecule has 1 aliphatic rings. The summed E-state index contributed by atoms with van der Waals surface area (Å²) in [7, 11) is 0. The van der Waals surface area contributed by atoms with Crippen molar-refractivity contribution in [2.75, 3.05) is 13.1 Å². The summed E-state index contributed by atoms with van der Waals surface area (Å²) in [6, 6.07) is 0.0629. The van der Waals surface area contributed by atoms with Gasteiger partial charge in [0, 0.05) is 17.5 Å². The van der Waals surface area contributed by atoms with E-state index in [2.05, 4.69) is 29.5 Å². The number of hydrogen-bond donors (Lipinski definition) is 2. The maximum absolute atomic E-state index is 12.3. The minimum absolute atomic E-state index is 0.0629. The van der Waals surface area contributed by atoms with E-state index >= 15 is 0 Å². The maximum atomic E-state index is 12.3. The number of carbonyl (C=O) groups excluding carboxylic acids is 1. The zero-order chi connectivity index (χ0) is 15.2. The molecule has 1 aliphatic heterocycles. The molecule has 5 heteroatoms. The summed E-state index contributed by atoms with van der Waals surface area (Å²) in [6.07, 6.45) is 3.97. The molecule has 0 aromatic carbocycles. The Morgan fingerprint density at radius 2 is 2.43 bits per heavy atom. The molecule has 1 fully saturated rings. The quantitative estimate of drug-likeness (QED) is 0.849. The average molecular weight is 309 g/mol. The van der Waals surface area contributed by atoms with Crippen LogP contribution < -0.4 is 10.6 Å². The number of piperidine rings is 1. The van der Waals surface area contributed by atoms with Crippen molar-refractivity contribution >= 4 is 17.2 Å². The van der Waals surface area contributed by atoms with Crippen molar-refractivity contribution in [1.29, 1.82) is 0 Å². The first kappa shape index (κ1) is 16.4. The fourth-order valence-corrected chi connectivity index (χ4v) is 3.88. The van der Waals surface area contributed by atoms with Crippen molar-refractivity contribution in [1.82, 2.24) is 15.6 Å². The van der Waals surface area contributed by atoms with Gasteiger partial charge < -0.3 is 10.6 Å². The Kier molecular flexibility index (Phi) is 6.18. The zero-order valence-electron chi connectivity index (χ0n) is 13.3. The van der Waals surface area contributed by atoms with Crippen LogP contribution in [0.25, 0.3) is 0 Å². The topological polar surface area (TPSA) is 54.0 Å². The first-order valence-corrected chi connectivity index (χ1v) is 8.90. The van der Waals surface area contributed by atoms with Crippen LogP contribution in [-0.2, 0) is 4.79 Å². The second-order valence-corrected chi connectivity index (χ2v) is 7.03. The van der Waals surface area contributed by atoms with Gasteiger partial charge in [0.15, 0.2) is 0 Å². The van der Waals surface area contributed by atoms with Gasteiger partial charge >= 0.3 is 0 Å². The van der Waals surface area contributed by atoms with Crippen molar-refractivity contribution in [3.8, 4) is 0 Å². The van der Waals surface area contributed by atoms with Gasteiger partial charge in [0.2, 0.25) is 5.91 Å². The van der Waals surface area contributed by atoms with Crippen LogP contribution in [0.3, 0.4) is 0 Å². The fourth-order valence-electron chi connectivity index (χ4n) is 2.95. The number of nitrogens with zero attached hydrogens (tertiary/aromatic N) is 1. The summed E-state index contributed by atoms with van der Waals surface area (Å²) < 4.78 is 0. The summed E-state index contributed by atoms with van der Waals surface area (Å²) in [5.41, 5.74) is 1.03. The molecular formula is C16H27N3OS. The third kappa shape index (κ3) is 4.78. The molecule has 1 saturated heterocycles. The normalized spacial score (nSPS) is 21.8. The molecule has 4 nitrogen and oxygen atoms in total. The van der Waals surface area contributed by atoms with Crippen molar-refractivity contribution in [3.05, 3.63) is 16.1 Å². The van der Waals surface area contributed by atoms with E-state index in [9.17, 15) is 4.79 Å². The smallest absolute Gasteiger partial charge is 0.220 e. The van der Waals surface area contributed by atoms with Crippen LogP contribution in [0.5, 0.6) is 0 Å². The van der Waals surface area contributed by atoms with Crippen molar-refractivity contribution in [3.63, 3.8) is 0 Å². The molecule has 2 heterocycles. The summed E-state index contributed by atoms with van der Waals surface area (Å²) in [6.45, 7) is 8.46. The van der Waals surface area contributed by atoms with Gasteiger partial charge in [0.1, 0.15) is 5.01 Å². The van der Waals surface area contributed by atoms with E-state index in [0.717, 1.165) is 30.2 Å². The molecule has 2 rings (SSSR count). The number of carbonyl (C=O) groups is 1. The highest BCUT2D eigenvalue weighted by molar-refractivity contribution is 7.09. The number of aromatic nitrogens is 1. The van der Waals surface area contributed by atoms with Crippen LogP contribution in [0.2, 0.25) is 0 Å². The number of thiazole rings is 1. The molecule has 2 N–H and O–H groups in total. The average Bonchev–Trinajstić information content (AvgIpc) is 2.92. The van der Waals surface area contributed by atoms with Crippen LogP contribution in [0, 0.1) is 18.8 Å². The van der Waals surface area contributed by atoms with E-state index in [1.807, 2.05) is 12.3 Å². The molecule has 0 spiro atoms. The van der Waals surface area contributed by atoms with Crippen LogP contribution in [-0.4, -0.2) is 24.0 Å². The van der Waals surface area contributed by atoms with E-state index in [-0.39, 0.29) is 11.9 Å². The number of nitrogens with one attached hydrogen (secondary N) is 2. The summed E-state index contributed by atoms with van der Waals surface area (Å²) in [4.78, 5) is 16.8. The van der Waals surface area contributed by atoms with E-state index in [1.165, 1.54) is 12.8 Å². The Hall–Kier alpha value is -0.940. The van der Waals surface area contributed by atoms with E-state index in [1.54, 1.807) is 11.3 Å². The number of amides is 1.